The van der Waals surface area contributed by atoms with Gasteiger partial charge in [0.1, 0.15) is 0 Å². The fourth-order valence-electron chi connectivity index (χ4n) is 2.02. The second-order valence-electron chi connectivity index (χ2n) is 4.20. The van der Waals surface area contributed by atoms with E-state index in [9.17, 15) is 9.90 Å². The van der Waals surface area contributed by atoms with Crippen molar-refractivity contribution in [3.8, 4) is 0 Å². The van der Waals surface area contributed by atoms with Crippen LogP contribution in [0.1, 0.15) is 33.1 Å². The van der Waals surface area contributed by atoms with E-state index in [-0.39, 0.29) is 18.1 Å². The Morgan fingerprint density at radius 2 is 2.27 bits per heavy atom. The maximum atomic E-state index is 11.3. The molecule has 0 saturated carbocycles. The van der Waals surface area contributed by atoms with Gasteiger partial charge in [-0.05, 0) is 12.8 Å². The highest BCUT2D eigenvalue weighted by molar-refractivity contribution is 5.76. The van der Waals surface area contributed by atoms with Gasteiger partial charge in [0.2, 0.25) is 0 Å². The van der Waals surface area contributed by atoms with Crippen LogP contribution in [0.4, 0.5) is 4.79 Å². The van der Waals surface area contributed by atoms with E-state index in [2.05, 4.69) is 19.2 Å². The first kappa shape index (κ1) is 12.3. The topological polar surface area (TPSA) is 52.6 Å². The lowest BCUT2D eigenvalue weighted by atomic mass is 9.95. The molecule has 4 nitrogen and oxygen atoms in total. The van der Waals surface area contributed by atoms with Crippen LogP contribution in [0.15, 0.2) is 0 Å². The monoisotopic (exact) mass is 214 g/mol. The second kappa shape index (κ2) is 5.95. The van der Waals surface area contributed by atoms with Gasteiger partial charge in [0.25, 0.3) is 0 Å². The van der Waals surface area contributed by atoms with Gasteiger partial charge in [0.15, 0.2) is 0 Å². The zero-order valence-electron chi connectivity index (χ0n) is 9.70. The van der Waals surface area contributed by atoms with Crippen LogP contribution >= 0.6 is 0 Å². The third-order valence-electron chi connectivity index (χ3n) is 3.05. The van der Waals surface area contributed by atoms with Gasteiger partial charge in [-0.15, -0.1) is 0 Å². The highest BCUT2D eigenvalue weighted by atomic mass is 16.3. The van der Waals surface area contributed by atoms with Crippen LogP contribution in [0.3, 0.4) is 0 Å². The Labute approximate surface area is 91.6 Å². The molecular formula is C11H22N2O2. The van der Waals surface area contributed by atoms with E-state index in [1.54, 1.807) is 4.90 Å². The average molecular weight is 214 g/mol. The number of aliphatic hydroxyl groups excluding tert-OH is 1. The van der Waals surface area contributed by atoms with Gasteiger partial charge in [-0.3, -0.25) is 0 Å². The predicted octanol–water partition coefficient (Wildman–Crippen LogP) is 1.20. The Balaban J connectivity index is 2.41. The number of amides is 2. The summed E-state index contributed by atoms with van der Waals surface area (Å²) < 4.78 is 0. The van der Waals surface area contributed by atoms with Crippen molar-refractivity contribution in [3.05, 3.63) is 0 Å². The zero-order valence-corrected chi connectivity index (χ0v) is 9.70. The van der Waals surface area contributed by atoms with Gasteiger partial charge >= 0.3 is 6.03 Å². The Hall–Kier alpha value is -0.770. The standard InChI is InChI=1S/C11H22N2O2/c1-3-5-10(14)9(4-2)8-13-7-6-12-11(13)15/h9-10,14H,3-8H2,1-2H3,(H,12,15). The van der Waals surface area contributed by atoms with Crippen molar-refractivity contribution in [1.82, 2.24) is 10.2 Å². The van der Waals surface area contributed by atoms with E-state index < -0.39 is 0 Å². The molecular weight excluding hydrogens is 192 g/mol. The molecule has 1 rings (SSSR count). The summed E-state index contributed by atoms with van der Waals surface area (Å²) in [6.45, 7) is 6.33. The summed E-state index contributed by atoms with van der Waals surface area (Å²) in [5.74, 6) is 0.216. The summed E-state index contributed by atoms with van der Waals surface area (Å²) in [6.07, 6.45) is 2.47. The minimum absolute atomic E-state index is 0.0112. The number of aliphatic hydroxyl groups is 1. The second-order valence-corrected chi connectivity index (χ2v) is 4.20. The lowest BCUT2D eigenvalue weighted by Crippen LogP contribution is -2.37. The summed E-state index contributed by atoms with van der Waals surface area (Å²) >= 11 is 0. The van der Waals surface area contributed by atoms with Gasteiger partial charge in [-0.25, -0.2) is 4.79 Å². The molecule has 1 aliphatic rings. The highest BCUT2D eigenvalue weighted by Gasteiger charge is 2.25. The molecule has 1 aliphatic heterocycles. The smallest absolute Gasteiger partial charge is 0.317 e. The summed E-state index contributed by atoms with van der Waals surface area (Å²) in [5.41, 5.74) is 0. The van der Waals surface area contributed by atoms with Crippen molar-refractivity contribution in [3.63, 3.8) is 0 Å². The Morgan fingerprint density at radius 3 is 2.73 bits per heavy atom. The molecule has 2 amide bonds. The molecule has 2 unspecified atom stereocenters. The first-order valence-electron chi connectivity index (χ1n) is 5.89. The quantitative estimate of drug-likeness (QED) is 0.698. The van der Waals surface area contributed by atoms with E-state index in [1.807, 2.05) is 0 Å². The Morgan fingerprint density at radius 1 is 1.53 bits per heavy atom. The molecule has 15 heavy (non-hydrogen) atoms. The zero-order chi connectivity index (χ0) is 11.3. The fourth-order valence-corrected chi connectivity index (χ4v) is 2.02. The van der Waals surface area contributed by atoms with E-state index >= 15 is 0 Å². The van der Waals surface area contributed by atoms with Crippen molar-refractivity contribution >= 4 is 6.03 Å². The van der Waals surface area contributed by atoms with E-state index in [0.717, 1.165) is 32.4 Å². The van der Waals surface area contributed by atoms with Crippen LogP contribution in [0.2, 0.25) is 0 Å². The highest BCUT2D eigenvalue weighted by Crippen LogP contribution is 2.16. The first-order chi connectivity index (χ1) is 7.19. The molecule has 0 aromatic carbocycles. The van der Waals surface area contributed by atoms with Crippen LogP contribution in [-0.2, 0) is 0 Å². The van der Waals surface area contributed by atoms with Crippen LogP contribution in [0.5, 0.6) is 0 Å². The van der Waals surface area contributed by atoms with E-state index in [1.165, 1.54) is 0 Å². The molecule has 2 N–H and O–H groups in total. The SMILES string of the molecule is CCCC(O)C(CC)CN1CCNC1=O. The summed E-state index contributed by atoms with van der Waals surface area (Å²) in [4.78, 5) is 13.1. The summed E-state index contributed by atoms with van der Waals surface area (Å²) in [5, 5.41) is 12.7. The van der Waals surface area contributed by atoms with E-state index in [4.69, 9.17) is 0 Å². The maximum Gasteiger partial charge on any atom is 0.317 e. The molecule has 1 saturated heterocycles. The Bertz CT molecular complexity index is 209. The average Bonchev–Trinajstić information content (AvgIpc) is 2.61. The molecule has 0 aromatic rings. The van der Waals surface area contributed by atoms with Crippen LogP contribution in [-0.4, -0.2) is 41.8 Å². The van der Waals surface area contributed by atoms with Crippen molar-refractivity contribution in [2.45, 2.75) is 39.2 Å². The van der Waals surface area contributed by atoms with E-state index in [0.29, 0.717) is 6.54 Å². The van der Waals surface area contributed by atoms with Gasteiger partial charge in [0.05, 0.1) is 6.10 Å². The Kier molecular flexibility index (Phi) is 4.88. The molecule has 0 aliphatic carbocycles. The minimum atomic E-state index is -0.270. The predicted molar refractivity (Wildman–Crippen MR) is 59.7 cm³/mol. The first-order valence-corrected chi connectivity index (χ1v) is 5.89. The maximum absolute atomic E-state index is 11.3. The van der Waals surface area contributed by atoms with Gasteiger partial charge in [0, 0.05) is 25.6 Å². The van der Waals surface area contributed by atoms with Gasteiger partial charge in [-0.2, -0.15) is 0 Å². The molecule has 88 valence electrons. The molecule has 2 atom stereocenters. The molecule has 1 fully saturated rings. The molecule has 1 heterocycles. The fraction of sp³-hybridized carbons (Fsp3) is 0.909. The van der Waals surface area contributed by atoms with Crippen molar-refractivity contribution in [1.29, 1.82) is 0 Å². The number of rotatable bonds is 6. The number of nitrogens with zero attached hydrogens (tertiary/aromatic N) is 1. The lowest BCUT2D eigenvalue weighted by molar-refractivity contribution is 0.0798. The normalized spacial score (nSPS) is 20.2. The minimum Gasteiger partial charge on any atom is -0.393 e. The molecule has 0 aromatic heterocycles. The molecule has 0 radical (unpaired) electrons. The number of urea groups is 1. The lowest BCUT2D eigenvalue weighted by Gasteiger charge is -2.25. The van der Waals surface area contributed by atoms with Crippen LogP contribution in [0, 0.1) is 5.92 Å². The number of hydrogen-bond donors (Lipinski definition) is 2. The largest absolute Gasteiger partial charge is 0.393 e. The van der Waals surface area contributed by atoms with Crippen molar-refractivity contribution in [2.24, 2.45) is 5.92 Å². The molecule has 0 bridgehead atoms. The molecule has 4 heteroatoms. The number of nitrogens with one attached hydrogen (secondary N) is 1. The van der Waals surface area contributed by atoms with Crippen molar-refractivity contribution in [2.75, 3.05) is 19.6 Å². The van der Waals surface area contributed by atoms with Gasteiger partial charge in [-0.1, -0.05) is 20.3 Å². The third kappa shape index (κ3) is 3.38. The number of hydrogen-bond acceptors (Lipinski definition) is 2. The van der Waals surface area contributed by atoms with Crippen LogP contribution in [0.25, 0.3) is 0 Å². The number of carbonyl (C=O) groups is 1. The van der Waals surface area contributed by atoms with Crippen LogP contribution < -0.4 is 5.32 Å². The van der Waals surface area contributed by atoms with Crippen molar-refractivity contribution < 1.29 is 9.90 Å². The number of carbonyl (C=O) groups excluding carboxylic acids is 1. The summed E-state index contributed by atoms with van der Waals surface area (Å²) in [7, 11) is 0. The summed E-state index contributed by atoms with van der Waals surface area (Å²) in [6, 6.07) is 0.0112. The molecule has 0 spiro atoms. The van der Waals surface area contributed by atoms with Gasteiger partial charge < -0.3 is 15.3 Å². The third-order valence-corrected chi connectivity index (χ3v) is 3.05.